The fourth-order valence-corrected chi connectivity index (χ4v) is 3.76. The van der Waals surface area contributed by atoms with Gasteiger partial charge in [0.1, 0.15) is 5.56 Å². The Hall–Kier alpha value is -3.08. The fraction of sp³-hybridized carbons (Fsp3) is 0.273. The van der Waals surface area contributed by atoms with Gasteiger partial charge in [0.2, 0.25) is 5.88 Å². The Morgan fingerprint density at radius 2 is 2.04 bits per heavy atom. The van der Waals surface area contributed by atoms with Crippen molar-refractivity contribution in [2.45, 2.75) is 26.2 Å². The summed E-state index contributed by atoms with van der Waals surface area (Å²) in [5.74, 6) is -0.0541. The molecule has 3 aromatic rings. The Morgan fingerprint density at radius 1 is 1.19 bits per heavy atom. The number of rotatable bonds is 5. The number of carbonyl (C=O) groups excluding carboxylic acids is 1. The molecule has 2 aromatic carbocycles. The molecule has 0 radical (unpaired) electrons. The first-order valence-electron chi connectivity index (χ1n) is 9.23. The van der Waals surface area contributed by atoms with Crippen LogP contribution in [0.25, 0.3) is 16.8 Å². The lowest BCUT2D eigenvalue weighted by atomic mass is 9.97. The molecule has 0 fully saturated rings. The van der Waals surface area contributed by atoms with Crippen LogP contribution < -0.4 is 4.74 Å². The first kappa shape index (κ1) is 17.3. The monoisotopic (exact) mass is 362 g/mol. The zero-order valence-electron chi connectivity index (χ0n) is 15.6. The van der Waals surface area contributed by atoms with Crippen molar-refractivity contribution in [3.8, 4) is 22.7 Å². The number of hydrogen-bond donors (Lipinski definition) is 0. The zero-order valence-corrected chi connectivity index (χ0v) is 15.6. The minimum atomic E-state index is -0.433. The Morgan fingerprint density at radius 3 is 2.85 bits per heavy atom. The molecule has 5 nitrogen and oxygen atoms in total. The number of ether oxygens (including phenoxy) is 2. The molecule has 0 bridgehead atoms. The lowest BCUT2D eigenvalue weighted by Gasteiger charge is -2.12. The van der Waals surface area contributed by atoms with Gasteiger partial charge in [-0.1, -0.05) is 30.3 Å². The number of aryl methyl sites for hydroxylation is 1. The van der Waals surface area contributed by atoms with Crippen LogP contribution in [0.15, 0.2) is 48.7 Å². The molecule has 1 aromatic heterocycles. The summed E-state index contributed by atoms with van der Waals surface area (Å²) >= 11 is 0. The van der Waals surface area contributed by atoms with Crippen molar-refractivity contribution in [3.63, 3.8) is 0 Å². The van der Waals surface area contributed by atoms with Gasteiger partial charge >= 0.3 is 5.97 Å². The second-order valence-electron chi connectivity index (χ2n) is 6.55. The highest BCUT2D eigenvalue weighted by molar-refractivity contribution is 5.92. The van der Waals surface area contributed by atoms with E-state index in [2.05, 4.69) is 35.4 Å². The van der Waals surface area contributed by atoms with Gasteiger partial charge in [-0.3, -0.25) is 0 Å². The highest BCUT2D eigenvalue weighted by Crippen LogP contribution is 2.33. The number of methoxy groups -OCH3 is 1. The summed E-state index contributed by atoms with van der Waals surface area (Å²) in [6, 6.07) is 14.7. The van der Waals surface area contributed by atoms with Crippen molar-refractivity contribution >= 4 is 5.97 Å². The third-order valence-electron chi connectivity index (χ3n) is 4.96. The number of benzene rings is 2. The molecule has 0 N–H and O–H groups in total. The van der Waals surface area contributed by atoms with E-state index in [9.17, 15) is 4.79 Å². The molecule has 1 aliphatic rings. The normalized spacial score (nSPS) is 12.7. The molecule has 0 spiro atoms. The summed E-state index contributed by atoms with van der Waals surface area (Å²) in [4.78, 5) is 12.1. The van der Waals surface area contributed by atoms with Crippen LogP contribution in [-0.2, 0) is 17.6 Å². The Balaban J connectivity index is 1.76. The predicted molar refractivity (Wildman–Crippen MR) is 104 cm³/mol. The maximum atomic E-state index is 12.1. The zero-order chi connectivity index (χ0) is 18.8. The van der Waals surface area contributed by atoms with E-state index < -0.39 is 5.97 Å². The van der Waals surface area contributed by atoms with E-state index >= 15 is 0 Å². The minimum absolute atomic E-state index is 0.307. The minimum Gasteiger partial charge on any atom is -0.480 e. The Labute approximate surface area is 158 Å². The van der Waals surface area contributed by atoms with Crippen LogP contribution in [0, 0.1) is 0 Å². The maximum Gasteiger partial charge on any atom is 0.345 e. The van der Waals surface area contributed by atoms with Gasteiger partial charge in [-0.05, 0) is 60.6 Å². The van der Waals surface area contributed by atoms with Crippen LogP contribution in [0.3, 0.4) is 0 Å². The molecule has 0 saturated carbocycles. The number of aromatic nitrogens is 2. The molecule has 1 heterocycles. The summed E-state index contributed by atoms with van der Waals surface area (Å²) in [5, 5.41) is 4.36. The van der Waals surface area contributed by atoms with E-state index in [1.807, 2.05) is 12.1 Å². The largest absolute Gasteiger partial charge is 0.480 e. The average Bonchev–Trinajstić information content (AvgIpc) is 3.34. The van der Waals surface area contributed by atoms with Gasteiger partial charge in [0.05, 0.1) is 25.6 Å². The van der Waals surface area contributed by atoms with E-state index in [1.54, 1.807) is 11.6 Å². The lowest BCUT2D eigenvalue weighted by molar-refractivity contribution is 0.0522. The van der Waals surface area contributed by atoms with Crippen LogP contribution in [-0.4, -0.2) is 29.5 Å². The summed E-state index contributed by atoms with van der Waals surface area (Å²) in [6.45, 7) is 2.08. The van der Waals surface area contributed by atoms with E-state index in [0.29, 0.717) is 18.1 Å². The third kappa shape index (κ3) is 3.10. The average molecular weight is 362 g/mol. The Bertz CT molecular complexity index is 991. The van der Waals surface area contributed by atoms with Crippen molar-refractivity contribution in [1.29, 1.82) is 0 Å². The van der Waals surface area contributed by atoms with Gasteiger partial charge in [-0.2, -0.15) is 5.10 Å². The number of carbonyl (C=O) groups is 1. The molecule has 0 atom stereocenters. The molecule has 1 aliphatic carbocycles. The van der Waals surface area contributed by atoms with Crippen molar-refractivity contribution in [1.82, 2.24) is 9.78 Å². The van der Waals surface area contributed by atoms with Crippen LogP contribution in [0.4, 0.5) is 0 Å². The molecule has 0 unspecified atom stereocenters. The molecular weight excluding hydrogens is 340 g/mol. The molecular formula is C22H22N2O3. The number of nitrogens with zero attached hydrogens (tertiary/aromatic N) is 2. The SMILES string of the molecule is CCOC(=O)c1cnn(-c2cccc(-c3cccc4c3CCC4)c2)c1OC. The topological polar surface area (TPSA) is 53.3 Å². The van der Waals surface area contributed by atoms with Gasteiger partial charge in [0.15, 0.2) is 0 Å². The van der Waals surface area contributed by atoms with Gasteiger partial charge in [-0.25, -0.2) is 9.48 Å². The van der Waals surface area contributed by atoms with Gasteiger partial charge in [-0.15, -0.1) is 0 Å². The van der Waals surface area contributed by atoms with Crippen LogP contribution in [0.5, 0.6) is 5.88 Å². The summed E-state index contributed by atoms with van der Waals surface area (Å²) in [6.07, 6.45) is 4.97. The van der Waals surface area contributed by atoms with Gasteiger partial charge in [0.25, 0.3) is 0 Å². The molecule has 27 heavy (non-hydrogen) atoms. The molecule has 4 rings (SSSR count). The highest BCUT2D eigenvalue weighted by atomic mass is 16.5. The number of fused-ring (bicyclic) bond motifs is 1. The predicted octanol–water partition coefficient (Wildman–Crippen LogP) is 4.21. The van der Waals surface area contributed by atoms with Gasteiger partial charge in [0, 0.05) is 0 Å². The van der Waals surface area contributed by atoms with Crippen molar-refractivity contribution in [2.75, 3.05) is 13.7 Å². The summed E-state index contributed by atoms with van der Waals surface area (Å²) < 4.78 is 12.2. The highest BCUT2D eigenvalue weighted by Gasteiger charge is 2.21. The second-order valence-corrected chi connectivity index (χ2v) is 6.55. The number of esters is 1. The van der Waals surface area contributed by atoms with Crippen LogP contribution in [0.2, 0.25) is 0 Å². The third-order valence-corrected chi connectivity index (χ3v) is 4.96. The molecule has 138 valence electrons. The van der Waals surface area contributed by atoms with E-state index in [4.69, 9.17) is 9.47 Å². The molecule has 5 heteroatoms. The van der Waals surface area contributed by atoms with E-state index in [0.717, 1.165) is 24.1 Å². The smallest absolute Gasteiger partial charge is 0.345 e. The van der Waals surface area contributed by atoms with Crippen molar-refractivity contribution in [3.05, 3.63) is 65.4 Å². The fourth-order valence-electron chi connectivity index (χ4n) is 3.76. The molecule has 0 saturated heterocycles. The quantitative estimate of drug-likeness (QED) is 0.638. The second kappa shape index (κ2) is 7.27. The summed E-state index contributed by atoms with van der Waals surface area (Å²) in [7, 11) is 1.53. The first-order chi connectivity index (χ1) is 13.2. The van der Waals surface area contributed by atoms with Gasteiger partial charge < -0.3 is 9.47 Å². The van der Waals surface area contributed by atoms with E-state index in [1.165, 1.54) is 36.4 Å². The van der Waals surface area contributed by atoms with Crippen molar-refractivity contribution in [2.24, 2.45) is 0 Å². The van der Waals surface area contributed by atoms with Crippen LogP contribution in [0.1, 0.15) is 34.8 Å². The first-order valence-corrected chi connectivity index (χ1v) is 9.23. The number of hydrogen-bond acceptors (Lipinski definition) is 4. The maximum absolute atomic E-state index is 12.1. The van der Waals surface area contributed by atoms with E-state index in [-0.39, 0.29) is 0 Å². The summed E-state index contributed by atoms with van der Waals surface area (Å²) in [5.41, 5.74) is 6.46. The molecule has 0 amide bonds. The molecule has 0 aliphatic heterocycles. The standard InChI is InChI=1S/C22H22N2O3/c1-3-27-22(25)20-14-23-24(21(20)26-2)17-10-4-9-16(13-17)19-12-6-8-15-7-5-11-18(15)19/h4,6,8-10,12-14H,3,5,7,11H2,1-2H3. The lowest BCUT2D eigenvalue weighted by Crippen LogP contribution is -2.07. The Kier molecular flexibility index (Phi) is 4.67. The van der Waals surface area contributed by atoms with Crippen LogP contribution >= 0.6 is 0 Å². The van der Waals surface area contributed by atoms with Crippen molar-refractivity contribution < 1.29 is 14.3 Å².